The van der Waals surface area contributed by atoms with E-state index in [4.69, 9.17) is 0 Å². The van der Waals surface area contributed by atoms with E-state index >= 15 is 0 Å². The second-order valence-electron chi connectivity index (χ2n) is 5.08. The van der Waals surface area contributed by atoms with Gasteiger partial charge in [0.05, 0.1) is 4.92 Å². The van der Waals surface area contributed by atoms with Gasteiger partial charge in [-0.3, -0.25) is 10.1 Å². The fourth-order valence-corrected chi connectivity index (χ4v) is 3.19. The molecule has 0 aromatic heterocycles. The Labute approximate surface area is 122 Å². The summed E-state index contributed by atoms with van der Waals surface area (Å²) >= 11 is 3.47. The summed E-state index contributed by atoms with van der Waals surface area (Å²) in [5.74, 6) is 0.766. The average molecular weight is 329 g/mol. The molecule has 4 nitrogen and oxygen atoms in total. The smallest absolute Gasteiger partial charge is 0.270 e. The highest BCUT2D eigenvalue weighted by Crippen LogP contribution is 2.35. The first kappa shape index (κ1) is 16.1. The minimum Gasteiger partial charge on any atom is -0.314 e. The summed E-state index contributed by atoms with van der Waals surface area (Å²) < 4.78 is 0.810. The predicted molar refractivity (Wildman–Crippen MR) is 81.5 cm³/mol. The van der Waals surface area contributed by atoms with Crippen LogP contribution >= 0.6 is 15.9 Å². The molecule has 0 aliphatic rings. The summed E-state index contributed by atoms with van der Waals surface area (Å²) in [7, 11) is 0. The van der Waals surface area contributed by atoms with Crippen LogP contribution in [0.25, 0.3) is 0 Å². The number of nitrogens with zero attached hydrogens (tertiary/aromatic N) is 1. The number of non-ortho nitro benzene ring substituents is 1. The third-order valence-electron chi connectivity index (χ3n) is 3.34. The van der Waals surface area contributed by atoms with Crippen molar-refractivity contribution < 1.29 is 4.92 Å². The molecule has 2 unspecified atom stereocenters. The lowest BCUT2D eigenvalue weighted by Gasteiger charge is -2.29. The molecule has 1 aromatic rings. The molecule has 1 aromatic carbocycles. The van der Waals surface area contributed by atoms with Crippen molar-refractivity contribution in [3.05, 3.63) is 38.3 Å². The van der Waals surface area contributed by atoms with Gasteiger partial charge < -0.3 is 5.32 Å². The number of nitro groups is 1. The summed E-state index contributed by atoms with van der Waals surface area (Å²) in [4.78, 5) is 10.4. The Bertz CT molecular complexity index is 449. The second-order valence-corrected chi connectivity index (χ2v) is 5.93. The van der Waals surface area contributed by atoms with E-state index in [2.05, 4.69) is 48.9 Å². The van der Waals surface area contributed by atoms with Crippen LogP contribution in [0.5, 0.6) is 0 Å². The van der Waals surface area contributed by atoms with Crippen LogP contribution in [0.2, 0.25) is 0 Å². The Kier molecular flexibility index (Phi) is 5.94. The number of rotatable bonds is 6. The zero-order chi connectivity index (χ0) is 14.6. The fourth-order valence-electron chi connectivity index (χ4n) is 2.55. The van der Waals surface area contributed by atoms with E-state index in [1.165, 1.54) is 0 Å². The van der Waals surface area contributed by atoms with Gasteiger partial charge in [0.1, 0.15) is 0 Å². The zero-order valence-electron chi connectivity index (χ0n) is 11.8. The lowest BCUT2D eigenvalue weighted by molar-refractivity contribution is -0.384. The van der Waals surface area contributed by atoms with Crippen LogP contribution in [-0.2, 0) is 0 Å². The minimum absolute atomic E-state index is 0.120. The van der Waals surface area contributed by atoms with Crippen molar-refractivity contribution in [2.45, 2.75) is 39.7 Å². The highest BCUT2D eigenvalue weighted by Gasteiger charge is 2.25. The van der Waals surface area contributed by atoms with E-state index in [9.17, 15) is 10.1 Å². The molecule has 0 fully saturated rings. The number of halogens is 1. The van der Waals surface area contributed by atoms with Crippen molar-refractivity contribution in [3.63, 3.8) is 0 Å². The molecule has 0 saturated carbocycles. The van der Waals surface area contributed by atoms with Gasteiger partial charge in [0.25, 0.3) is 5.69 Å². The molecule has 0 spiro atoms. The Morgan fingerprint density at radius 2 is 2.00 bits per heavy atom. The van der Waals surface area contributed by atoms with Crippen molar-refractivity contribution in [1.29, 1.82) is 0 Å². The van der Waals surface area contributed by atoms with E-state index in [1.54, 1.807) is 12.1 Å². The Morgan fingerprint density at radius 1 is 1.37 bits per heavy atom. The molecule has 0 bridgehead atoms. The zero-order valence-corrected chi connectivity index (χ0v) is 13.4. The van der Waals surface area contributed by atoms with Crippen molar-refractivity contribution in [2.75, 3.05) is 6.54 Å². The van der Waals surface area contributed by atoms with E-state index < -0.39 is 0 Å². The monoisotopic (exact) mass is 328 g/mol. The lowest BCUT2D eigenvalue weighted by atomic mass is 9.83. The number of hydrogen-bond acceptors (Lipinski definition) is 3. The molecule has 1 rings (SSSR count). The van der Waals surface area contributed by atoms with Gasteiger partial charge in [-0.1, -0.05) is 42.8 Å². The molecule has 0 aliphatic heterocycles. The third-order valence-corrected chi connectivity index (χ3v) is 4.02. The molecule has 5 heteroatoms. The molecule has 2 atom stereocenters. The maximum atomic E-state index is 10.8. The first-order chi connectivity index (χ1) is 8.88. The molecule has 106 valence electrons. The molecule has 19 heavy (non-hydrogen) atoms. The third kappa shape index (κ3) is 4.01. The van der Waals surface area contributed by atoms with Crippen LogP contribution in [0, 0.1) is 16.0 Å². The van der Waals surface area contributed by atoms with E-state index in [0.717, 1.165) is 16.6 Å². The van der Waals surface area contributed by atoms with Crippen LogP contribution in [0.3, 0.4) is 0 Å². The normalized spacial score (nSPS) is 14.4. The van der Waals surface area contributed by atoms with Crippen molar-refractivity contribution in [2.24, 2.45) is 5.92 Å². The number of nitro benzene ring substituents is 1. The van der Waals surface area contributed by atoms with E-state index in [1.807, 2.05) is 6.07 Å². The number of benzene rings is 1. The standard InChI is InChI=1S/C14H21BrN2O2/c1-5-16-10(4)14(9(2)3)12-7-6-11(17(18)19)8-13(12)15/h6-10,14,16H,5H2,1-4H3. The first-order valence-electron chi connectivity index (χ1n) is 6.55. The highest BCUT2D eigenvalue weighted by atomic mass is 79.9. The number of hydrogen-bond donors (Lipinski definition) is 1. The number of likely N-dealkylation sites (N-methyl/N-ethyl adjacent to an activating group) is 1. The number of nitrogens with one attached hydrogen (secondary N) is 1. The molecule has 0 amide bonds. The lowest BCUT2D eigenvalue weighted by Crippen LogP contribution is -2.34. The van der Waals surface area contributed by atoms with Gasteiger partial charge >= 0.3 is 0 Å². The van der Waals surface area contributed by atoms with Gasteiger partial charge in [-0.15, -0.1) is 0 Å². The van der Waals surface area contributed by atoms with Gasteiger partial charge in [-0.25, -0.2) is 0 Å². The molecule has 0 radical (unpaired) electrons. The predicted octanol–water partition coefficient (Wildman–Crippen LogP) is 4.09. The van der Waals surface area contributed by atoms with E-state index in [0.29, 0.717) is 17.9 Å². The largest absolute Gasteiger partial charge is 0.314 e. The SMILES string of the molecule is CCNC(C)C(c1ccc([N+](=O)[O-])cc1Br)C(C)C. The van der Waals surface area contributed by atoms with Gasteiger partial charge in [-0.05, 0) is 24.9 Å². The van der Waals surface area contributed by atoms with Crippen molar-refractivity contribution >= 4 is 21.6 Å². The van der Waals surface area contributed by atoms with Gasteiger partial charge in [0.15, 0.2) is 0 Å². The van der Waals surface area contributed by atoms with Crippen LogP contribution in [0.4, 0.5) is 5.69 Å². The Morgan fingerprint density at radius 3 is 2.42 bits per heavy atom. The summed E-state index contributed by atoms with van der Waals surface area (Å²) in [6.45, 7) is 9.49. The first-order valence-corrected chi connectivity index (χ1v) is 7.35. The summed E-state index contributed by atoms with van der Waals surface area (Å²) in [5, 5.41) is 14.2. The van der Waals surface area contributed by atoms with Crippen LogP contribution in [0.15, 0.2) is 22.7 Å². The Balaban J connectivity index is 3.13. The van der Waals surface area contributed by atoms with Crippen molar-refractivity contribution in [1.82, 2.24) is 5.32 Å². The van der Waals surface area contributed by atoms with Crippen LogP contribution < -0.4 is 5.32 Å². The topological polar surface area (TPSA) is 55.2 Å². The van der Waals surface area contributed by atoms with Gasteiger partial charge in [-0.2, -0.15) is 0 Å². The van der Waals surface area contributed by atoms with E-state index in [-0.39, 0.29) is 10.6 Å². The fraction of sp³-hybridized carbons (Fsp3) is 0.571. The maximum absolute atomic E-state index is 10.8. The Hall–Kier alpha value is -0.940. The summed E-state index contributed by atoms with van der Waals surface area (Å²) in [5.41, 5.74) is 1.24. The summed E-state index contributed by atoms with van der Waals surface area (Å²) in [6, 6.07) is 5.35. The molecular formula is C14H21BrN2O2. The van der Waals surface area contributed by atoms with Crippen molar-refractivity contribution in [3.8, 4) is 0 Å². The average Bonchev–Trinajstić information content (AvgIpc) is 2.31. The molecule has 0 heterocycles. The molecule has 1 N–H and O–H groups in total. The van der Waals surface area contributed by atoms with Crippen LogP contribution in [0.1, 0.15) is 39.2 Å². The quantitative estimate of drug-likeness (QED) is 0.631. The second kappa shape index (κ2) is 7.01. The summed E-state index contributed by atoms with van der Waals surface area (Å²) in [6.07, 6.45) is 0. The minimum atomic E-state index is -0.368. The van der Waals surface area contributed by atoms with Gasteiger partial charge in [0, 0.05) is 28.6 Å². The van der Waals surface area contributed by atoms with Crippen LogP contribution in [-0.4, -0.2) is 17.5 Å². The van der Waals surface area contributed by atoms with Gasteiger partial charge in [0.2, 0.25) is 0 Å². The molecule has 0 saturated heterocycles. The molecule has 0 aliphatic carbocycles. The molecular weight excluding hydrogens is 308 g/mol. The maximum Gasteiger partial charge on any atom is 0.270 e. The highest BCUT2D eigenvalue weighted by molar-refractivity contribution is 9.10.